The van der Waals surface area contributed by atoms with Gasteiger partial charge in [-0.1, -0.05) is 13.8 Å². The monoisotopic (exact) mass is 379 g/mol. The summed E-state index contributed by atoms with van der Waals surface area (Å²) in [5, 5.41) is 6.81. The van der Waals surface area contributed by atoms with Crippen LogP contribution in [0.15, 0.2) is 15.1 Å². The lowest BCUT2D eigenvalue weighted by atomic mass is 10.2. The van der Waals surface area contributed by atoms with Crippen molar-refractivity contribution in [3.8, 4) is 0 Å². The number of pyridine rings is 1. The van der Waals surface area contributed by atoms with Crippen LogP contribution in [0.3, 0.4) is 0 Å². The summed E-state index contributed by atoms with van der Waals surface area (Å²) in [6.07, 6.45) is 1.76. The summed E-state index contributed by atoms with van der Waals surface area (Å²) in [7, 11) is 0. The lowest BCUT2D eigenvalue weighted by Gasteiger charge is -2.13. The average molecular weight is 381 g/mol. The van der Waals surface area contributed by atoms with Crippen molar-refractivity contribution in [3.05, 3.63) is 20.7 Å². The Morgan fingerprint density at radius 2 is 2.12 bits per heavy atom. The van der Waals surface area contributed by atoms with E-state index in [2.05, 4.69) is 61.3 Å². The third-order valence-corrected chi connectivity index (χ3v) is 4.12. The lowest BCUT2D eigenvalue weighted by Crippen LogP contribution is -2.31. The number of hydrogen-bond donors (Lipinski definition) is 2. The van der Waals surface area contributed by atoms with Crippen molar-refractivity contribution in [2.45, 2.75) is 20.8 Å². The molecule has 0 amide bonds. The van der Waals surface area contributed by atoms with Crippen LogP contribution in [0, 0.1) is 12.8 Å². The minimum absolute atomic E-state index is 0.554. The number of halogens is 2. The van der Waals surface area contributed by atoms with E-state index >= 15 is 0 Å². The smallest absolute Gasteiger partial charge is 0.171 e. The molecule has 0 spiro atoms. The first-order valence-corrected chi connectivity index (χ1v) is 7.26. The van der Waals surface area contributed by atoms with Crippen molar-refractivity contribution in [3.63, 3.8) is 0 Å². The Morgan fingerprint density at radius 3 is 2.71 bits per heavy atom. The molecule has 17 heavy (non-hydrogen) atoms. The molecule has 94 valence electrons. The van der Waals surface area contributed by atoms with Crippen LogP contribution in [0.25, 0.3) is 0 Å². The molecule has 0 unspecified atom stereocenters. The Balaban J connectivity index is 2.69. The topological polar surface area (TPSA) is 37.0 Å². The maximum Gasteiger partial charge on any atom is 0.171 e. The van der Waals surface area contributed by atoms with E-state index in [1.807, 2.05) is 6.92 Å². The predicted octanol–water partition coefficient (Wildman–Crippen LogP) is 3.86. The number of anilines is 1. The van der Waals surface area contributed by atoms with E-state index in [4.69, 9.17) is 12.2 Å². The molecule has 6 heteroatoms. The normalized spacial score (nSPS) is 10.5. The van der Waals surface area contributed by atoms with Crippen molar-refractivity contribution >= 4 is 55.0 Å². The number of aromatic nitrogens is 1. The van der Waals surface area contributed by atoms with Gasteiger partial charge in [0.25, 0.3) is 0 Å². The van der Waals surface area contributed by atoms with Crippen molar-refractivity contribution in [2.75, 3.05) is 11.9 Å². The number of thiocarbonyl (C=S) groups is 1. The molecule has 1 aromatic heterocycles. The first kappa shape index (κ1) is 14.9. The quantitative estimate of drug-likeness (QED) is 0.780. The van der Waals surface area contributed by atoms with Crippen molar-refractivity contribution in [2.24, 2.45) is 5.92 Å². The SMILES string of the molecule is Cc1c(Br)cnc(NC(=S)NCC(C)C)c1Br. The molecule has 0 bridgehead atoms. The number of hydrogen-bond acceptors (Lipinski definition) is 2. The molecule has 0 fully saturated rings. The van der Waals surface area contributed by atoms with Gasteiger partial charge in [0.15, 0.2) is 5.11 Å². The van der Waals surface area contributed by atoms with Gasteiger partial charge in [-0.15, -0.1) is 0 Å². The van der Waals surface area contributed by atoms with E-state index in [9.17, 15) is 0 Å². The molecule has 1 rings (SSSR count). The Bertz CT molecular complexity index is 421. The largest absolute Gasteiger partial charge is 0.362 e. The van der Waals surface area contributed by atoms with Crippen LogP contribution in [0.5, 0.6) is 0 Å². The maximum absolute atomic E-state index is 5.20. The lowest BCUT2D eigenvalue weighted by molar-refractivity contribution is 0.627. The van der Waals surface area contributed by atoms with Gasteiger partial charge in [0.05, 0.1) is 4.47 Å². The van der Waals surface area contributed by atoms with Crippen LogP contribution in [0.1, 0.15) is 19.4 Å². The Morgan fingerprint density at radius 1 is 1.47 bits per heavy atom. The zero-order valence-electron chi connectivity index (χ0n) is 9.97. The summed E-state index contributed by atoms with van der Waals surface area (Å²) >= 11 is 12.1. The van der Waals surface area contributed by atoms with E-state index in [1.54, 1.807) is 6.20 Å². The van der Waals surface area contributed by atoms with Gasteiger partial charge in [0.2, 0.25) is 0 Å². The highest BCUT2D eigenvalue weighted by atomic mass is 79.9. The number of nitrogens with one attached hydrogen (secondary N) is 2. The van der Waals surface area contributed by atoms with E-state index in [0.29, 0.717) is 11.0 Å². The third kappa shape index (κ3) is 4.52. The molecule has 1 aromatic rings. The van der Waals surface area contributed by atoms with Crippen LogP contribution in [0.2, 0.25) is 0 Å². The Kier molecular flexibility index (Phi) is 5.82. The van der Waals surface area contributed by atoms with Crippen molar-refractivity contribution in [1.29, 1.82) is 0 Å². The summed E-state index contributed by atoms with van der Waals surface area (Å²) in [6.45, 7) is 7.12. The number of nitrogens with zero attached hydrogens (tertiary/aromatic N) is 1. The molecule has 0 saturated carbocycles. The van der Waals surface area contributed by atoms with E-state index < -0.39 is 0 Å². The zero-order chi connectivity index (χ0) is 13.0. The first-order chi connectivity index (χ1) is 7.91. The van der Waals surface area contributed by atoms with E-state index in [1.165, 1.54) is 0 Å². The average Bonchev–Trinajstić information content (AvgIpc) is 2.27. The number of rotatable bonds is 3. The highest BCUT2D eigenvalue weighted by molar-refractivity contribution is 9.11. The van der Waals surface area contributed by atoms with Gasteiger partial charge in [0, 0.05) is 17.2 Å². The van der Waals surface area contributed by atoms with Crippen molar-refractivity contribution in [1.82, 2.24) is 10.3 Å². The molecular formula is C11H15Br2N3S. The predicted molar refractivity (Wildman–Crippen MR) is 83.4 cm³/mol. The van der Waals surface area contributed by atoms with Crippen LogP contribution >= 0.6 is 44.1 Å². The van der Waals surface area contributed by atoms with Gasteiger partial charge in [0.1, 0.15) is 5.82 Å². The second kappa shape index (κ2) is 6.66. The summed E-state index contributed by atoms with van der Waals surface area (Å²) < 4.78 is 1.89. The van der Waals surface area contributed by atoms with Crippen LogP contribution in [-0.2, 0) is 0 Å². The minimum atomic E-state index is 0.554. The van der Waals surface area contributed by atoms with Crippen LogP contribution < -0.4 is 10.6 Å². The molecule has 0 radical (unpaired) electrons. The van der Waals surface area contributed by atoms with Gasteiger partial charge in [-0.25, -0.2) is 4.98 Å². The fraction of sp³-hybridized carbons (Fsp3) is 0.455. The fourth-order valence-electron chi connectivity index (χ4n) is 1.09. The third-order valence-electron chi connectivity index (χ3n) is 2.11. The minimum Gasteiger partial charge on any atom is -0.362 e. The summed E-state index contributed by atoms with van der Waals surface area (Å²) in [5.74, 6) is 1.28. The maximum atomic E-state index is 5.20. The molecule has 3 nitrogen and oxygen atoms in total. The Labute approximate surface area is 124 Å². The summed E-state index contributed by atoms with van der Waals surface area (Å²) in [6, 6.07) is 0. The molecule has 0 saturated heterocycles. The highest BCUT2D eigenvalue weighted by Crippen LogP contribution is 2.29. The highest BCUT2D eigenvalue weighted by Gasteiger charge is 2.09. The molecule has 1 heterocycles. The Hall–Kier alpha value is -0.200. The van der Waals surface area contributed by atoms with Gasteiger partial charge in [-0.3, -0.25) is 0 Å². The standard InChI is InChI=1S/C11H15Br2N3S/c1-6(2)4-15-11(17)16-10-9(13)7(3)8(12)5-14-10/h5-6H,4H2,1-3H3,(H2,14,15,16,17). The molecule has 0 atom stereocenters. The fourth-order valence-corrected chi connectivity index (χ4v) is 2.25. The van der Waals surface area contributed by atoms with Gasteiger partial charge in [-0.2, -0.15) is 0 Å². The van der Waals surface area contributed by atoms with E-state index in [0.717, 1.165) is 26.9 Å². The molecule has 0 aliphatic rings. The first-order valence-electron chi connectivity index (χ1n) is 5.27. The van der Waals surface area contributed by atoms with Crippen LogP contribution in [0.4, 0.5) is 5.82 Å². The van der Waals surface area contributed by atoms with Gasteiger partial charge < -0.3 is 10.6 Å². The van der Waals surface area contributed by atoms with Crippen LogP contribution in [-0.4, -0.2) is 16.6 Å². The molecular weight excluding hydrogens is 366 g/mol. The summed E-state index contributed by atoms with van der Waals surface area (Å²) in [5.41, 5.74) is 1.09. The van der Waals surface area contributed by atoms with Gasteiger partial charge in [-0.05, 0) is 62.5 Å². The second-order valence-electron chi connectivity index (χ2n) is 4.12. The molecule has 0 aliphatic heterocycles. The van der Waals surface area contributed by atoms with Crippen molar-refractivity contribution < 1.29 is 0 Å². The summed E-state index contributed by atoms with van der Waals surface area (Å²) in [4.78, 5) is 4.27. The van der Waals surface area contributed by atoms with E-state index in [-0.39, 0.29) is 0 Å². The molecule has 0 aliphatic carbocycles. The van der Waals surface area contributed by atoms with Gasteiger partial charge >= 0.3 is 0 Å². The zero-order valence-corrected chi connectivity index (χ0v) is 14.0. The molecule has 0 aromatic carbocycles. The second-order valence-corrected chi connectivity index (χ2v) is 6.18. The molecule has 2 N–H and O–H groups in total.